The molecule has 178 valence electrons. The van der Waals surface area contributed by atoms with Crippen LogP contribution < -0.4 is 5.32 Å². The standard InChI is InChI=1S/C25H29Cl2FN2O2S/c1-17(25(32)29-21-5-3-2-4-6-21)30(14-19-9-12-22(26)23(27)13-19)24(31)16-33-15-18-7-10-20(28)11-8-18/h7-13,17,21H,2-6,14-16H2,1H3,(H,29,32)/t17-/m0/s1. The molecule has 0 bridgehead atoms. The molecule has 1 saturated carbocycles. The largest absolute Gasteiger partial charge is 0.352 e. The highest BCUT2D eigenvalue weighted by molar-refractivity contribution is 7.99. The molecule has 0 unspecified atom stereocenters. The van der Waals surface area contributed by atoms with Gasteiger partial charge in [-0.3, -0.25) is 9.59 Å². The summed E-state index contributed by atoms with van der Waals surface area (Å²) in [7, 11) is 0. The summed E-state index contributed by atoms with van der Waals surface area (Å²) >= 11 is 13.6. The van der Waals surface area contributed by atoms with Gasteiger partial charge in [-0.15, -0.1) is 11.8 Å². The second-order valence-corrected chi connectivity index (χ2v) is 10.2. The minimum atomic E-state index is -0.625. The van der Waals surface area contributed by atoms with Gasteiger partial charge in [-0.2, -0.15) is 0 Å². The van der Waals surface area contributed by atoms with Crippen LogP contribution >= 0.6 is 35.0 Å². The number of hydrogen-bond acceptors (Lipinski definition) is 3. The second-order valence-electron chi connectivity index (χ2n) is 8.41. The number of thioether (sulfide) groups is 1. The van der Waals surface area contributed by atoms with E-state index in [2.05, 4.69) is 5.32 Å². The van der Waals surface area contributed by atoms with Crippen molar-refractivity contribution in [3.8, 4) is 0 Å². The Kier molecular flexibility index (Phi) is 9.90. The Morgan fingerprint density at radius 3 is 2.39 bits per heavy atom. The Labute approximate surface area is 209 Å². The molecule has 0 saturated heterocycles. The molecule has 0 aromatic heterocycles. The smallest absolute Gasteiger partial charge is 0.242 e. The van der Waals surface area contributed by atoms with Gasteiger partial charge in [0.2, 0.25) is 11.8 Å². The Morgan fingerprint density at radius 2 is 1.73 bits per heavy atom. The average Bonchev–Trinajstić information content (AvgIpc) is 2.81. The van der Waals surface area contributed by atoms with Gasteiger partial charge in [0, 0.05) is 18.3 Å². The minimum absolute atomic E-state index is 0.139. The molecule has 2 aromatic rings. The quantitative estimate of drug-likeness (QED) is 0.434. The van der Waals surface area contributed by atoms with Crippen LogP contribution in [-0.2, 0) is 21.9 Å². The molecule has 1 atom stereocenters. The second kappa shape index (κ2) is 12.6. The Bertz CT molecular complexity index is 952. The summed E-state index contributed by atoms with van der Waals surface area (Å²) in [6.07, 6.45) is 5.39. The number of nitrogens with one attached hydrogen (secondary N) is 1. The normalized spacial score (nSPS) is 15.2. The van der Waals surface area contributed by atoms with Gasteiger partial charge in [-0.25, -0.2) is 4.39 Å². The van der Waals surface area contributed by atoms with Crippen molar-refractivity contribution in [3.05, 3.63) is 69.5 Å². The van der Waals surface area contributed by atoms with Gasteiger partial charge in [0.1, 0.15) is 11.9 Å². The predicted octanol–water partition coefficient (Wildman–Crippen LogP) is 6.23. The number of halogens is 3. The van der Waals surface area contributed by atoms with Crippen molar-refractivity contribution in [2.24, 2.45) is 0 Å². The molecule has 4 nitrogen and oxygen atoms in total. The van der Waals surface area contributed by atoms with E-state index in [1.54, 1.807) is 36.1 Å². The van der Waals surface area contributed by atoms with E-state index in [1.807, 2.05) is 6.07 Å². The molecule has 2 aromatic carbocycles. The van der Waals surface area contributed by atoms with Crippen LogP contribution in [0.3, 0.4) is 0 Å². The van der Waals surface area contributed by atoms with Gasteiger partial charge >= 0.3 is 0 Å². The Morgan fingerprint density at radius 1 is 1.06 bits per heavy atom. The van der Waals surface area contributed by atoms with Gasteiger partial charge in [0.15, 0.2) is 0 Å². The molecule has 1 aliphatic carbocycles. The molecular formula is C25H29Cl2FN2O2S. The van der Waals surface area contributed by atoms with E-state index in [9.17, 15) is 14.0 Å². The Balaban J connectivity index is 1.67. The first-order valence-electron chi connectivity index (χ1n) is 11.2. The first kappa shape index (κ1) is 25.9. The molecule has 2 amide bonds. The van der Waals surface area contributed by atoms with Crippen LogP contribution in [0.5, 0.6) is 0 Å². The number of hydrogen-bond donors (Lipinski definition) is 1. The van der Waals surface area contributed by atoms with Crippen molar-refractivity contribution < 1.29 is 14.0 Å². The highest BCUT2D eigenvalue weighted by Gasteiger charge is 2.28. The zero-order valence-corrected chi connectivity index (χ0v) is 21.0. The zero-order valence-electron chi connectivity index (χ0n) is 18.7. The molecule has 1 aliphatic rings. The Hall–Kier alpha value is -1.76. The highest BCUT2D eigenvalue weighted by Crippen LogP contribution is 2.24. The van der Waals surface area contributed by atoms with Crippen molar-refractivity contribution >= 4 is 46.8 Å². The number of carbonyl (C=O) groups excluding carboxylic acids is 2. The SMILES string of the molecule is C[C@@H](C(=O)NC1CCCCC1)N(Cc1ccc(Cl)c(Cl)c1)C(=O)CSCc1ccc(F)cc1. The number of carbonyl (C=O) groups is 2. The molecule has 1 fully saturated rings. The molecular weight excluding hydrogens is 482 g/mol. The molecule has 33 heavy (non-hydrogen) atoms. The highest BCUT2D eigenvalue weighted by atomic mass is 35.5. The number of nitrogens with zero attached hydrogens (tertiary/aromatic N) is 1. The topological polar surface area (TPSA) is 49.4 Å². The van der Waals surface area contributed by atoms with E-state index in [1.165, 1.54) is 30.3 Å². The average molecular weight is 511 g/mol. The van der Waals surface area contributed by atoms with E-state index in [-0.39, 0.29) is 36.0 Å². The van der Waals surface area contributed by atoms with Gasteiger partial charge < -0.3 is 10.2 Å². The molecule has 8 heteroatoms. The van der Waals surface area contributed by atoms with Crippen LogP contribution in [-0.4, -0.2) is 34.6 Å². The summed E-state index contributed by atoms with van der Waals surface area (Å²) in [6.45, 7) is 2.02. The summed E-state index contributed by atoms with van der Waals surface area (Å²) in [5.74, 6) is 0.221. The van der Waals surface area contributed by atoms with E-state index < -0.39 is 6.04 Å². The van der Waals surface area contributed by atoms with Crippen LogP contribution in [0, 0.1) is 5.82 Å². The first-order valence-corrected chi connectivity index (χ1v) is 13.1. The van der Waals surface area contributed by atoms with Crippen LogP contribution in [0.15, 0.2) is 42.5 Å². The van der Waals surface area contributed by atoms with Crippen LogP contribution in [0.2, 0.25) is 10.0 Å². The van der Waals surface area contributed by atoms with Gasteiger partial charge in [0.05, 0.1) is 15.8 Å². The van der Waals surface area contributed by atoms with Crippen LogP contribution in [0.4, 0.5) is 4.39 Å². The summed E-state index contributed by atoms with van der Waals surface area (Å²) in [4.78, 5) is 27.8. The van der Waals surface area contributed by atoms with Crippen molar-refractivity contribution in [1.82, 2.24) is 10.2 Å². The lowest BCUT2D eigenvalue weighted by Gasteiger charge is -2.31. The van der Waals surface area contributed by atoms with Gasteiger partial charge in [-0.1, -0.05) is 60.7 Å². The number of rotatable bonds is 9. The molecule has 0 heterocycles. The van der Waals surface area contributed by atoms with Crippen molar-refractivity contribution in [1.29, 1.82) is 0 Å². The lowest BCUT2D eigenvalue weighted by atomic mass is 9.95. The lowest BCUT2D eigenvalue weighted by Crippen LogP contribution is -2.50. The third-order valence-electron chi connectivity index (χ3n) is 5.86. The van der Waals surface area contributed by atoms with E-state index >= 15 is 0 Å². The van der Waals surface area contributed by atoms with Gasteiger partial charge in [-0.05, 0) is 55.2 Å². The summed E-state index contributed by atoms with van der Waals surface area (Å²) < 4.78 is 13.1. The molecule has 3 rings (SSSR count). The van der Waals surface area contributed by atoms with Crippen LogP contribution in [0.1, 0.15) is 50.2 Å². The minimum Gasteiger partial charge on any atom is -0.352 e. The predicted molar refractivity (Wildman–Crippen MR) is 134 cm³/mol. The maximum absolute atomic E-state index is 13.2. The van der Waals surface area contributed by atoms with Crippen LogP contribution in [0.25, 0.3) is 0 Å². The maximum atomic E-state index is 13.2. The summed E-state index contributed by atoms with van der Waals surface area (Å²) in [5, 5.41) is 3.97. The van der Waals surface area contributed by atoms with E-state index in [4.69, 9.17) is 23.2 Å². The number of amides is 2. The van der Waals surface area contributed by atoms with E-state index in [0.717, 1.165) is 36.8 Å². The molecule has 0 aliphatic heterocycles. The van der Waals surface area contributed by atoms with Gasteiger partial charge in [0.25, 0.3) is 0 Å². The lowest BCUT2D eigenvalue weighted by molar-refractivity contribution is -0.139. The molecule has 1 N–H and O–H groups in total. The maximum Gasteiger partial charge on any atom is 0.242 e. The first-order chi connectivity index (χ1) is 15.8. The van der Waals surface area contributed by atoms with Crippen molar-refractivity contribution in [2.75, 3.05) is 5.75 Å². The van der Waals surface area contributed by atoms with Crippen molar-refractivity contribution in [3.63, 3.8) is 0 Å². The third kappa shape index (κ3) is 7.90. The van der Waals surface area contributed by atoms with E-state index in [0.29, 0.717) is 15.8 Å². The summed E-state index contributed by atoms with van der Waals surface area (Å²) in [5.41, 5.74) is 1.74. The number of benzene rings is 2. The zero-order chi connectivity index (χ0) is 23.8. The fraction of sp³-hybridized carbons (Fsp3) is 0.440. The summed E-state index contributed by atoms with van der Waals surface area (Å²) in [6, 6.07) is 11.0. The fourth-order valence-corrected chi connectivity index (χ4v) is 5.10. The molecule has 0 spiro atoms. The monoisotopic (exact) mass is 510 g/mol. The fourth-order valence-electron chi connectivity index (χ4n) is 3.91. The van der Waals surface area contributed by atoms with Crippen molar-refractivity contribution in [2.45, 2.75) is 63.4 Å². The molecule has 0 radical (unpaired) electrons. The third-order valence-corrected chi connectivity index (χ3v) is 7.59.